The van der Waals surface area contributed by atoms with Gasteiger partial charge in [-0.25, -0.2) is 4.79 Å². The number of fused-ring (bicyclic) bond motifs is 1. The van der Waals surface area contributed by atoms with Crippen LogP contribution in [-0.2, 0) is 9.53 Å². The summed E-state index contributed by atoms with van der Waals surface area (Å²) in [7, 11) is 0. The van der Waals surface area contributed by atoms with Gasteiger partial charge in [-0.15, -0.1) is 0 Å². The molecule has 92 valence electrons. The molecule has 0 N–H and O–H groups in total. The average molecular weight is 233 g/mol. The number of ether oxygens (including phenoxy) is 1. The Morgan fingerprint density at radius 2 is 2.24 bits per heavy atom. The summed E-state index contributed by atoms with van der Waals surface area (Å²) in [5.74, 6) is 0.333. The van der Waals surface area contributed by atoms with Crippen molar-refractivity contribution in [1.82, 2.24) is 0 Å². The molecule has 2 atom stereocenters. The van der Waals surface area contributed by atoms with E-state index in [0.29, 0.717) is 12.5 Å². The third-order valence-corrected chi connectivity index (χ3v) is 3.34. The molecule has 2 unspecified atom stereocenters. The van der Waals surface area contributed by atoms with E-state index < -0.39 is 0 Å². The van der Waals surface area contributed by atoms with Crippen LogP contribution < -0.4 is 4.90 Å². The van der Waals surface area contributed by atoms with Crippen molar-refractivity contribution in [1.29, 1.82) is 0 Å². The van der Waals surface area contributed by atoms with Gasteiger partial charge in [0.15, 0.2) is 0 Å². The van der Waals surface area contributed by atoms with Crippen LogP contribution in [0.1, 0.15) is 32.3 Å². The Kier molecular flexibility index (Phi) is 3.36. The Labute approximate surface area is 102 Å². The second kappa shape index (κ2) is 4.78. The number of hydrogen-bond acceptors (Lipinski definition) is 3. The molecular formula is C14H19NO2. The SMILES string of the molecule is CCOC(=O)C(C)N1CC(C)c2ccccc21. The van der Waals surface area contributed by atoms with Crippen molar-refractivity contribution in [3.8, 4) is 0 Å². The molecule has 0 fully saturated rings. The van der Waals surface area contributed by atoms with E-state index in [-0.39, 0.29) is 12.0 Å². The third kappa shape index (κ3) is 2.14. The molecule has 0 aliphatic carbocycles. The van der Waals surface area contributed by atoms with E-state index in [1.54, 1.807) is 0 Å². The first-order chi connectivity index (χ1) is 8.15. The lowest BCUT2D eigenvalue weighted by molar-refractivity contribution is -0.144. The van der Waals surface area contributed by atoms with Crippen LogP contribution in [-0.4, -0.2) is 25.2 Å². The first-order valence-corrected chi connectivity index (χ1v) is 6.17. The highest BCUT2D eigenvalue weighted by atomic mass is 16.5. The van der Waals surface area contributed by atoms with Crippen LogP contribution in [0.5, 0.6) is 0 Å². The molecule has 3 nitrogen and oxygen atoms in total. The second-order valence-corrected chi connectivity index (χ2v) is 4.54. The molecule has 3 heteroatoms. The summed E-state index contributed by atoms with van der Waals surface area (Å²) in [5, 5.41) is 0. The molecular weight excluding hydrogens is 214 g/mol. The van der Waals surface area contributed by atoms with Crippen molar-refractivity contribution >= 4 is 11.7 Å². The van der Waals surface area contributed by atoms with Gasteiger partial charge in [-0.3, -0.25) is 0 Å². The summed E-state index contributed by atoms with van der Waals surface area (Å²) in [6.07, 6.45) is 0. The number of carbonyl (C=O) groups is 1. The van der Waals surface area contributed by atoms with Gasteiger partial charge in [-0.05, 0) is 25.5 Å². The number of hydrogen-bond donors (Lipinski definition) is 0. The summed E-state index contributed by atoms with van der Waals surface area (Å²) in [5.41, 5.74) is 2.49. The standard InChI is InChI=1S/C14H19NO2/c1-4-17-14(16)11(3)15-9-10(2)12-7-5-6-8-13(12)15/h5-8,10-11H,4,9H2,1-3H3. The van der Waals surface area contributed by atoms with Crippen LogP contribution in [0, 0.1) is 0 Å². The normalized spacial score (nSPS) is 19.9. The molecule has 0 saturated heterocycles. The van der Waals surface area contributed by atoms with E-state index in [4.69, 9.17) is 4.74 Å². The van der Waals surface area contributed by atoms with Gasteiger partial charge in [0.1, 0.15) is 6.04 Å². The van der Waals surface area contributed by atoms with E-state index in [1.165, 1.54) is 11.3 Å². The number of carbonyl (C=O) groups excluding carboxylic acids is 1. The molecule has 0 saturated carbocycles. The van der Waals surface area contributed by atoms with E-state index >= 15 is 0 Å². The highest BCUT2D eigenvalue weighted by Gasteiger charge is 2.31. The van der Waals surface area contributed by atoms with Crippen LogP contribution in [0.15, 0.2) is 24.3 Å². The van der Waals surface area contributed by atoms with Crippen molar-refractivity contribution in [3.63, 3.8) is 0 Å². The largest absolute Gasteiger partial charge is 0.464 e. The van der Waals surface area contributed by atoms with Gasteiger partial charge >= 0.3 is 5.97 Å². The maximum Gasteiger partial charge on any atom is 0.328 e. The maximum atomic E-state index is 11.8. The number of anilines is 1. The molecule has 17 heavy (non-hydrogen) atoms. The van der Waals surface area contributed by atoms with Gasteiger partial charge in [-0.2, -0.15) is 0 Å². The Morgan fingerprint density at radius 3 is 2.94 bits per heavy atom. The van der Waals surface area contributed by atoms with Crippen LogP contribution in [0.25, 0.3) is 0 Å². The second-order valence-electron chi connectivity index (χ2n) is 4.54. The minimum absolute atomic E-state index is 0.142. The fraction of sp³-hybridized carbons (Fsp3) is 0.500. The number of esters is 1. The van der Waals surface area contributed by atoms with E-state index in [9.17, 15) is 4.79 Å². The monoisotopic (exact) mass is 233 g/mol. The van der Waals surface area contributed by atoms with Crippen molar-refractivity contribution in [2.45, 2.75) is 32.7 Å². The van der Waals surface area contributed by atoms with E-state index in [2.05, 4.69) is 24.0 Å². The Bertz CT molecular complexity index is 416. The number of benzene rings is 1. The van der Waals surface area contributed by atoms with Gasteiger partial charge in [-0.1, -0.05) is 25.1 Å². The number of rotatable bonds is 3. The van der Waals surface area contributed by atoms with Crippen LogP contribution in [0.2, 0.25) is 0 Å². The summed E-state index contributed by atoms with van der Waals surface area (Å²) in [4.78, 5) is 13.9. The molecule has 1 aliphatic rings. The molecule has 0 aromatic heterocycles. The van der Waals surface area contributed by atoms with E-state index in [1.807, 2.05) is 26.0 Å². The Morgan fingerprint density at radius 1 is 1.53 bits per heavy atom. The first-order valence-electron chi connectivity index (χ1n) is 6.17. The predicted octanol–water partition coefficient (Wildman–Crippen LogP) is 2.56. The summed E-state index contributed by atoms with van der Waals surface area (Å²) in [6.45, 7) is 7.27. The van der Waals surface area contributed by atoms with E-state index in [0.717, 1.165) is 6.54 Å². The van der Waals surface area contributed by atoms with Crippen molar-refractivity contribution < 1.29 is 9.53 Å². The predicted molar refractivity (Wildman–Crippen MR) is 68.3 cm³/mol. The molecule has 0 spiro atoms. The molecule has 0 amide bonds. The average Bonchev–Trinajstić information content (AvgIpc) is 2.67. The number of para-hydroxylation sites is 1. The van der Waals surface area contributed by atoms with Gasteiger partial charge in [0.05, 0.1) is 6.61 Å². The lowest BCUT2D eigenvalue weighted by atomic mass is 10.0. The highest BCUT2D eigenvalue weighted by molar-refractivity contribution is 5.81. The molecule has 2 rings (SSSR count). The molecule has 0 bridgehead atoms. The van der Waals surface area contributed by atoms with Crippen LogP contribution in [0.3, 0.4) is 0 Å². The smallest absolute Gasteiger partial charge is 0.328 e. The minimum Gasteiger partial charge on any atom is -0.464 e. The highest BCUT2D eigenvalue weighted by Crippen LogP contribution is 2.36. The molecule has 1 heterocycles. The quantitative estimate of drug-likeness (QED) is 0.751. The summed E-state index contributed by atoms with van der Waals surface area (Å²) in [6, 6.07) is 8.07. The maximum absolute atomic E-state index is 11.8. The topological polar surface area (TPSA) is 29.5 Å². The first kappa shape index (κ1) is 12.0. The van der Waals surface area contributed by atoms with Crippen molar-refractivity contribution in [3.05, 3.63) is 29.8 Å². The van der Waals surface area contributed by atoms with Crippen LogP contribution >= 0.6 is 0 Å². The van der Waals surface area contributed by atoms with Crippen LogP contribution in [0.4, 0.5) is 5.69 Å². The van der Waals surface area contributed by atoms with Gasteiger partial charge < -0.3 is 9.64 Å². The van der Waals surface area contributed by atoms with Crippen molar-refractivity contribution in [2.75, 3.05) is 18.1 Å². The van der Waals surface area contributed by atoms with Gasteiger partial charge in [0.25, 0.3) is 0 Å². The zero-order chi connectivity index (χ0) is 12.4. The molecule has 1 aliphatic heterocycles. The Balaban J connectivity index is 2.22. The molecule has 1 aromatic carbocycles. The lowest BCUT2D eigenvalue weighted by Crippen LogP contribution is -2.39. The fourth-order valence-electron chi connectivity index (χ4n) is 2.41. The minimum atomic E-state index is -0.207. The zero-order valence-electron chi connectivity index (χ0n) is 10.6. The third-order valence-electron chi connectivity index (χ3n) is 3.34. The van der Waals surface area contributed by atoms with Crippen molar-refractivity contribution in [2.24, 2.45) is 0 Å². The zero-order valence-corrected chi connectivity index (χ0v) is 10.6. The molecule has 0 radical (unpaired) electrons. The summed E-state index contributed by atoms with van der Waals surface area (Å²) >= 11 is 0. The Hall–Kier alpha value is -1.51. The number of nitrogens with zero attached hydrogens (tertiary/aromatic N) is 1. The fourth-order valence-corrected chi connectivity index (χ4v) is 2.41. The molecule has 1 aromatic rings. The summed E-state index contributed by atoms with van der Waals surface area (Å²) < 4.78 is 5.09. The van der Waals surface area contributed by atoms with Gasteiger partial charge in [0.2, 0.25) is 0 Å². The lowest BCUT2D eigenvalue weighted by Gasteiger charge is -2.25. The van der Waals surface area contributed by atoms with Gasteiger partial charge in [0, 0.05) is 18.2 Å².